The zero-order chi connectivity index (χ0) is 20.4. The SMILES string of the molecule is Cc1ccc(OCC(=O)NNC(=O)CNC(=O)C23CC4CC(CC(C4)C2)C3)cc1. The van der Waals surface area contributed by atoms with Crippen LogP contribution in [0.3, 0.4) is 0 Å². The molecule has 1 aromatic carbocycles. The molecule has 3 amide bonds. The number of hydrogen-bond acceptors (Lipinski definition) is 4. The van der Waals surface area contributed by atoms with Crippen molar-refractivity contribution >= 4 is 17.7 Å². The molecule has 7 nitrogen and oxygen atoms in total. The van der Waals surface area contributed by atoms with Gasteiger partial charge in [0.15, 0.2) is 6.61 Å². The average Bonchev–Trinajstić information content (AvgIpc) is 2.69. The summed E-state index contributed by atoms with van der Waals surface area (Å²) in [7, 11) is 0. The molecule has 0 atom stereocenters. The van der Waals surface area contributed by atoms with Crippen LogP contribution >= 0.6 is 0 Å². The quantitative estimate of drug-likeness (QED) is 0.636. The van der Waals surface area contributed by atoms with Gasteiger partial charge in [0, 0.05) is 5.41 Å². The maximum atomic E-state index is 12.8. The summed E-state index contributed by atoms with van der Waals surface area (Å²) in [5, 5.41) is 2.79. The topological polar surface area (TPSA) is 96.5 Å². The third kappa shape index (κ3) is 4.54. The molecule has 0 aliphatic heterocycles. The molecule has 4 bridgehead atoms. The third-order valence-electron chi connectivity index (χ3n) is 6.66. The molecule has 0 saturated heterocycles. The van der Waals surface area contributed by atoms with E-state index in [9.17, 15) is 14.4 Å². The van der Waals surface area contributed by atoms with Crippen molar-refractivity contribution in [2.45, 2.75) is 45.4 Å². The van der Waals surface area contributed by atoms with E-state index in [1.165, 1.54) is 19.3 Å². The van der Waals surface area contributed by atoms with E-state index in [1.807, 2.05) is 19.1 Å². The molecule has 0 heterocycles. The maximum absolute atomic E-state index is 12.8. The Bertz CT molecular complexity index is 754. The van der Waals surface area contributed by atoms with Gasteiger partial charge in [-0.2, -0.15) is 0 Å². The highest BCUT2D eigenvalue weighted by molar-refractivity contribution is 5.89. The smallest absolute Gasteiger partial charge is 0.276 e. The summed E-state index contributed by atoms with van der Waals surface area (Å²) in [5.74, 6) is 1.69. The maximum Gasteiger partial charge on any atom is 0.276 e. The van der Waals surface area contributed by atoms with Crippen molar-refractivity contribution in [3.8, 4) is 5.75 Å². The number of ether oxygens (including phenoxy) is 1. The lowest BCUT2D eigenvalue weighted by molar-refractivity contribution is -0.147. The second-order valence-electron chi connectivity index (χ2n) is 9.08. The predicted octanol–water partition coefficient (Wildman–Crippen LogP) is 1.85. The van der Waals surface area contributed by atoms with Crippen LogP contribution in [-0.2, 0) is 14.4 Å². The minimum atomic E-state index is -0.466. The van der Waals surface area contributed by atoms with Crippen LogP contribution in [0.1, 0.15) is 44.1 Å². The molecule has 1 aromatic rings. The largest absolute Gasteiger partial charge is 0.484 e. The molecule has 4 aliphatic rings. The van der Waals surface area contributed by atoms with Gasteiger partial charge in [0.1, 0.15) is 5.75 Å². The molecule has 5 rings (SSSR count). The first kappa shape index (κ1) is 19.7. The van der Waals surface area contributed by atoms with Crippen LogP contribution in [0, 0.1) is 30.1 Å². The molecule has 4 aliphatic carbocycles. The highest BCUT2D eigenvalue weighted by Crippen LogP contribution is 2.60. The number of hydrogen-bond donors (Lipinski definition) is 3. The first-order valence-electron chi connectivity index (χ1n) is 10.5. The lowest BCUT2D eigenvalue weighted by atomic mass is 9.49. The molecule has 0 spiro atoms. The summed E-state index contributed by atoms with van der Waals surface area (Å²) in [6.45, 7) is 1.62. The van der Waals surface area contributed by atoms with Gasteiger partial charge in [0.25, 0.3) is 11.8 Å². The molecule has 156 valence electrons. The van der Waals surface area contributed by atoms with E-state index in [0.717, 1.165) is 24.8 Å². The summed E-state index contributed by atoms with van der Waals surface area (Å²) >= 11 is 0. The van der Waals surface area contributed by atoms with Crippen LogP contribution < -0.4 is 20.9 Å². The second-order valence-corrected chi connectivity index (χ2v) is 9.08. The Morgan fingerprint density at radius 1 is 0.931 bits per heavy atom. The van der Waals surface area contributed by atoms with E-state index in [0.29, 0.717) is 23.5 Å². The molecule has 0 aromatic heterocycles. The van der Waals surface area contributed by atoms with Crippen LogP contribution in [0.5, 0.6) is 5.75 Å². The Morgan fingerprint density at radius 2 is 1.48 bits per heavy atom. The molecule has 7 heteroatoms. The zero-order valence-corrected chi connectivity index (χ0v) is 16.8. The molecule has 4 fully saturated rings. The van der Waals surface area contributed by atoms with Crippen molar-refractivity contribution in [3.05, 3.63) is 29.8 Å². The van der Waals surface area contributed by atoms with Gasteiger partial charge in [-0.3, -0.25) is 25.2 Å². The molecular weight excluding hydrogens is 370 g/mol. The van der Waals surface area contributed by atoms with E-state index < -0.39 is 11.8 Å². The molecule has 4 saturated carbocycles. The number of aryl methyl sites for hydroxylation is 1. The van der Waals surface area contributed by atoms with Crippen LogP contribution in [0.25, 0.3) is 0 Å². The fourth-order valence-electron chi connectivity index (χ4n) is 5.74. The predicted molar refractivity (Wildman–Crippen MR) is 107 cm³/mol. The first-order valence-corrected chi connectivity index (χ1v) is 10.5. The van der Waals surface area contributed by atoms with Crippen molar-refractivity contribution in [2.75, 3.05) is 13.2 Å². The second kappa shape index (κ2) is 8.05. The lowest BCUT2D eigenvalue weighted by Crippen LogP contribution is -2.55. The lowest BCUT2D eigenvalue weighted by Gasteiger charge is -2.55. The van der Waals surface area contributed by atoms with E-state index >= 15 is 0 Å². The highest BCUT2D eigenvalue weighted by atomic mass is 16.5. The summed E-state index contributed by atoms with van der Waals surface area (Å²) in [5.41, 5.74) is 5.46. The van der Waals surface area contributed by atoms with E-state index in [4.69, 9.17) is 4.74 Å². The minimum Gasteiger partial charge on any atom is -0.484 e. The molecular formula is C22H29N3O4. The van der Waals surface area contributed by atoms with Gasteiger partial charge in [-0.05, 0) is 75.3 Å². The molecule has 3 N–H and O–H groups in total. The molecule has 0 unspecified atom stereocenters. The fraction of sp³-hybridized carbons (Fsp3) is 0.591. The van der Waals surface area contributed by atoms with E-state index in [-0.39, 0.29) is 24.5 Å². The van der Waals surface area contributed by atoms with Crippen molar-refractivity contribution in [1.29, 1.82) is 0 Å². The Kier molecular flexibility index (Phi) is 5.48. The number of rotatable bonds is 6. The number of nitrogens with one attached hydrogen (secondary N) is 3. The minimum absolute atomic E-state index is 0.000723. The van der Waals surface area contributed by atoms with E-state index in [1.54, 1.807) is 12.1 Å². The first-order chi connectivity index (χ1) is 13.9. The van der Waals surface area contributed by atoms with Crippen molar-refractivity contribution < 1.29 is 19.1 Å². The van der Waals surface area contributed by atoms with Gasteiger partial charge >= 0.3 is 0 Å². The van der Waals surface area contributed by atoms with Crippen molar-refractivity contribution in [1.82, 2.24) is 16.2 Å². The van der Waals surface area contributed by atoms with Gasteiger partial charge in [-0.1, -0.05) is 17.7 Å². The number of carbonyl (C=O) groups is 3. The van der Waals surface area contributed by atoms with Gasteiger partial charge in [0.05, 0.1) is 6.54 Å². The zero-order valence-electron chi connectivity index (χ0n) is 16.8. The number of benzene rings is 1. The van der Waals surface area contributed by atoms with Crippen LogP contribution in [0.2, 0.25) is 0 Å². The molecule has 29 heavy (non-hydrogen) atoms. The fourth-order valence-corrected chi connectivity index (χ4v) is 5.74. The number of amides is 3. The Hall–Kier alpha value is -2.57. The third-order valence-corrected chi connectivity index (χ3v) is 6.66. The van der Waals surface area contributed by atoms with Crippen LogP contribution in [0.4, 0.5) is 0 Å². The summed E-state index contributed by atoms with van der Waals surface area (Å²) in [4.78, 5) is 36.7. The normalized spacial score (nSPS) is 29.2. The summed E-state index contributed by atoms with van der Waals surface area (Å²) < 4.78 is 5.36. The Labute approximate surface area is 170 Å². The van der Waals surface area contributed by atoms with Crippen LogP contribution in [-0.4, -0.2) is 30.9 Å². The Balaban J connectivity index is 1.17. The number of carbonyl (C=O) groups excluding carboxylic acids is 3. The Morgan fingerprint density at radius 3 is 2.07 bits per heavy atom. The number of hydrazine groups is 1. The van der Waals surface area contributed by atoms with Gasteiger partial charge in [-0.25, -0.2) is 0 Å². The monoisotopic (exact) mass is 399 g/mol. The van der Waals surface area contributed by atoms with Crippen molar-refractivity contribution in [2.24, 2.45) is 23.2 Å². The summed E-state index contributed by atoms with van der Waals surface area (Å²) in [6, 6.07) is 7.34. The van der Waals surface area contributed by atoms with E-state index in [2.05, 4.69) is 16.2 Å². The standard InChI is InChI=1S/C22H29N3O4/c1-14-2-4-18(5-3-14)29-13-20(27)25-24-19(26)12-23-21(28)22-9-15-6-16(10-22)8-17(7-15)11-22/h2-5,15-17H,6-13H2,1H3,(H,23,28)(H,24,26)(H,25,27). The molecule has 0 radical (unpaired) electrons. The average molecular weight is 399 g/mol. The van der Waals surface area contributed by atoms with Gasteiger partial charge in [0.2, 0.25) is 5.91 Å². The van der Waals surface area contributed by atoms with Crippen LogP contribution in [0.15, 0.2) is 24.3 Å². The van der Waals surface area contributed by atoms with Gasteiger partial charge in [-0.15, -0.1) is 0 Å². The highest BCUT2D eigenvalue weighted by Gasteiger charge is 2.54. The summed E-state index contributed by atoms with van der Waals surface area (Å²) in [6.07, 6.45) is 6.68. The van der Waals surface area contributed by atoms with Gasteiger partial charge < -0.3 is 10.1 Å². The van der Waals surface area contributed by atoms with Crippen molar-refractivity contribution in [3.63, 3.8) is 0 Å².